The fourth-order valence-electron chi connectivity index (χ4n) is 7.42. The van der Waals surface area contributed by atoms with E-state index in [-0.39, 0.29) is 16.6 Å². The zero-order valence-electron chi connectivity index (χ0n) is 31.9. The molecule has 0 unspecified atom stereocenters. The predicted molar refractivity (Wildman–Crippen MR) is 224 cm³/mol. The standard InChI is InChI=1S/C49H42N4O2/c1-48(2,3)34-23-31(24-35(29-34)49(4,5)6)32-27-40(37-18-10-12-19-42(37)54)51-41(28-32)39-26-33(25-38-36-17-11-13-20-43(36)55-47(38)39)45-46(30-15-8-7-9-16-30)53-44(52-45)21-14-22-50-53/h7-29,54H,1-6H3. The van der Waals surface area contributed by atoms with E-state index in [2.05, 4.69) is 102 Å². The van der Waals surface area contributed by atoms with Gasteiger partial charge in [0.1, 0.15) is 22.6 Å². The molecule has 4 aromatic heterocycles. The second kappa shape index (κ2) is 12.8. The van der Waals surface area contributed by atoms with E-state index in [0.717, 1.165) is 72.5 Å². The fourth-order valence-corrected chi connectivity index (χ4v) is 7.42. The van der Waals surface area contributed by atoms with Crippen molar-refractivity contribution >= 4 is 27.6 Å². The molecule has 1 N–H and O–H groups in total. The highest BCUT2D eigenvalue weighted by Crippen LogP contribution is 2.44. The molecule has 9 aromatic rings. The van der Waals surface area contributed by atoms with E-state index >= 15 is 0 Å². The quantitative estimate of drug-likeness (QED) is 0.192. The molecule has 0 saturated carbocycles. The highest BCUT2D eigenvalue weighted by atomic mass is 16.3. The van der Waals surface area contributed by atoms with Gasteiger partial charge in [0.2, 0.25) is 0 Å². The molecule has 6 nitrogen and oxygen atoms in total. The van der Waals surface area contributed by atoms with Crippen molar-refractivity contribution in [3.8, 4) is 61.9 Å². The Morgan fingerprint density at radius 3 is 1.93 bits per heavy atom. The van der Waals surface area contributed by atoms with Gasteiger partial charge in [-0.3, -0.25) is 0 Å². The van der Waals surface area contributed by atoms with Gasteiger partial charge in [-0.1, -0.05) is 120 Å². The fraction of sp³-hybridized carbons (Fsp3) is 0.163. The van der Waals surface area contributed by atoms with Gasteiger partial charge >= 0.3 is 0 Å². The normalized spacial score (nSPS) is 12.3. The number of nitrogens with zero attached hydrogens (tertiary/aromatic N) is 4. The minimum absolute atomic E-state index is 0.0689. The van der Waals surface area contributed by atoms with Crippen molar-refractivity contribution in [1.29, 1.82) is 0 Å². The van der Waals surface area contributed by atoms with E-state index in [4.69, 9.17) is 19.5 Å². The van der Waals surface area contributed by atoms with Crippen LogP contribution in [0, 0.1) is 0 Å². The molecule has 0 radical (unpaired) electrons. The number of fused-ring (bicyclic) bond motifs is 4. The van der Waals surface area contributed by atoms with Crippen LogP contribution in [-0.4, -0.2) is 24.7 Å². The first-order valence-electron chi connectivity index (χ1n) is 18.7. The molecule has 0 aliphatic carbocycles. The number of para-hydroxylation sites is 2. The maximum absolute atomic E-state index is 11.2. The number of phenols is 1. The second-order valence-electron chi connectivity index (χ2n) is 16.4. The van der Waals surface area contributed by atoms with E-state index < -0.39 is 0 Å². The molecule has 0 atom stereocenters. The van der Waals surface area contributed by atoms with Gasteiger partial charge in [-0.25, -0.2) is 14.5 Å². The zero-order chi connectivity index (χ0) is 38.1. The number of rotatable bonds is 5. The molecule has 0 saturated heterocycles. The summed E-state index contributed by atoms with van der Waals surface area (Å²) in [5, 5.41) is 17.9. The van der Waals surface area contributed by atoms with Gasteiger partial charge in [0.15, 0.2) is 5.65 Å². The number of benzene rings is 5. The molecule has 0 spiro atoms. The molecule has 0 bridgehead atoms. The number of phenolic OH excluding ortho intramolecular Hbond substituents is 1. The highest BCUT2D eigenvalue weighted by Gasteiger charge is 2.25. The SMILES string of the molecule is CC(C)(C)c1cc(-c2cc(-c3ccccc3O)nc(-c3cc(-c4nc5cccnn5c4-c4ccccc4)cc4c3oc3ccccc34)c2)cc(C(C)(C)C)c1. The third-order valence-electron chi connectivity index (χ3n) is 10.5. The van der Waals surface area contributed by atoms with Crippen LogP contribution in [0.15, 0.2) is 144 Å². The Morgan fingerprint density at radius 2 is 1.20 bits per heavy atom. The van der Waals surface area contributed by atoms with Crippen LogP contribution in [0.1, 0.15) is 52.7 Å². The molecule has 6 heteroatoms. The predicted octanol–water partition coefficient (Wildman–Crippen LogP) is 12.7. The molecule has 270 valence electrons. The van der Waals surface area contributed by atoms with Gasteiger partial charge in [-0.15, -0.1) is 0 Å². The van der Waals surface area contributed by atoms with E-state index in [1.807, 2.05) is 71.2 Å². The summed E-state index contributed by atoms with van der Waals surface area (Å²) >= 11 is 0. The molecule has 0 aliphatic rings. The lowest BCUT2D eigenvalue weighted by Crippen LogP contribution is -2.16. The Labute approximate surface area is 320 Å². The van der Waals surface area contributed by atoms with E-state index in [9.17, 15) is 5.11 Å². The Morgan fingerprint density at radius 1 is 0.545 bits per heavy atom. The number of imidazole rings is 1. The first-order chi connectivity index (χ1) is 26.4. The van der Waals surface area contributed by atoms with Gasteiger partial charge in [-0.2, -0.15) is 5.10 Å². The zero-order valence-corrected chi connectivity index (χ0v) is 31.9. The molecule has 9 rings (SSSR count). The lowest BCUT2D eigenvalue weighted by molar-refractivity contribution is 0.477. The molecule has 4 heterocycles. The maximum Gasteiger partial charge on any atom is 0.154 e. The summed E-state index contributed by atoms with van der Waals surface area (Å²) in [6, 6.07) is 45.2. The molecule has 0 aliphatic heterocycles. The van der Waals surface area contributed by atoms with Crippen LogP contribution < -0.4 is 0 Å². The number of hydrogen-bond acceptors (Lipinski definition) is 5. The molecule has 0 fully saturated rings. The van der Waals surface area contributed by atoms with Gasteiger partial charge in [0.05, 0.1) is 17.1 Å². The third kappa shape index (κ3) is 6.14. The Balaban J connectivity index is 1.37. The smallest absolute Gasteiger partial charge is 0.154 e. The van der Waals surface area contributed by atoms with Crippen molar-refractivity contribution in [2.75, 3.05) is 0 Å². The summed E-state index contributed by atoms with van der Waals surface area (Å²) in [5.74, 6) is 0.171. The largest absolute Gasteiger partial charge is 0.507 e. The van der Waals surface area contributed by atoms with Crippen LogP contribution in [0.2, 0.25) is 0 Å². The van der Waals surface area contributed by atoms with Crippen molar-refractivity contribution in [1.82, 2.24) is 19.6 Å². The number of furan rings is 1. The van der Waals surface area contributed by atoms with Gasteiger partial charge in [0, 0.05) is 39.2 Å². The molecule has 0 amide bonds. The van der Waals surface area contributed by atoms with Gasteiger partial charge in [0.25, 0.3) is 0 Å². The number of aromatic hydroxyl groups is 1. The van der Waals surface area contributed by atoms with E-state index in [1.54, 1.807) is 12.3 Å². The highest BCUT2D eigenvalue weighted by molar-refractivity contribution is 6.11. The maximum atomic E-state index is 11.2. The van der Waals surface area contributed by atoms with Crippen molar-refractivity contribution in [2.45, 2.75) is 52.4 Å². The van der Waals surface area contributed by atoms with Crippen molar-refractivity contribution < 1.29 is 9.52 Å². The van der Waals surface area contributed by atoms with Crippen LogP contribution in [-0.2, 0) is 10.8 Å². The minimum Gasteiger partial charge on any atom is -0.507 e. The summed E-state index contributed by atoms with van der Waals surface area (Å²) < 4.78 is 8.63. The molecular weight excluding hydrogens is 677 g/mol. The van der Waals surface area contributed by atoms with Gasteiger partial charge in [-0.05, 0) is 87.7 Å². The summed E-state index contributed by atoms with van der Waals surface area (Å²) in [6.07, 6.45) is 1.79. The average molecular weight is 719 g/mol. The Kier molecular flexibility index (Phi) is 7.97. The van der Waals surface area contributed by atoms with Crippen LogP contribution >= 0.6 is 0 Å². The molecule has 55 heavy (non-hydrogen) atoms. The molecular formula is C49H42N4O2. The number of pyridine rings is 1. The van der Waals surface area contributed by atoms with Crippen LogP contribution in [0.5, 0.6) is 5.75 Å². The lowest BCUT2D eigenvalue weighted by atomic mass is 9.79. The summed E-state index contributed by atoms with van der Waals surface area (Å²) in [4.78, 5) is 10.5. The lowest BCUT2D eigenvalue weighted by Gasteiger charge is -2.26. The summed E-state index contributed by atoms with van der Waals surface area (Å²) in [7, 11) is 0. The average Bonchev–Trinajstić information content (AvgIpc) is 3.76. The first-order valence-corrected chi connectivity index (χ1v) is 18.7. The van der Waals surface area contributed by atoms with Crippen LogP contribution in [0.3, 0.4) is 0 Å². The summed E-state index contributed by atoms with van der Waals surface area (Å²) in [6.45, 7) is 13.5. The number of aromatic nitrogens is 4. The Bertz CT molecular complexity index is 2870. The molecule has 5 aromatic carbocycles. The van der Waals surface area contributed by atoms with Gasteiger partial charge < -0.3 is 9.52 Å². The van der Waals surface area contributed by atoms with Crippen molar-refractivity contribution in [3.63, 3.8) is 0 Å². The third-order valence-corrected chi connectivity index (χ3v) is 10.5. The van der Waals surface area contributed by atoms with E-state index in [1.165, 1.54) is 11.1 Å². The number of hydrogen-bond donors (Lipinski definition) is 1. The first kappa shape index (κ1) is 34.3. The van der Waals surface area contributed by atoms with Crippen molar-refractivity contribution in [2.24, 2.45) is 0 Å². The summed E-state index contributed by atoms with van der Waals surface area (Å²) in [5.41, 5.74) is 13.3. The minimum atomic E-state index is -0.0689. The second-order valence-corrected chi connectivity index (χ2v) is 16.4. The van der Waals surface area contributed by atoms with E-state index in [0.29, 0.717) is 11.3 Å². The topological polar surface area (TPSA) is 76.5 Å². The van der Waals surface area contributed by atoms with Crippen LogP contribution in [0.25, 0.3) is 83.7 Å². The Hall–Kier alpha value is -6.53. The van der Waals surface area contributed by atoms with Crippen molar-refractivity contribution in [3.05, 3.63) is 151 Å². The van der Waals surface area contributed by atoms with Crippen LogP contribution in [0.4, 0.5) is 0 Å². The monoisotopic (exact) mass is 718 g/mol.